The molecule has 2 N–H and O–H groups in total. The maximum atomic E-state index is 11.6. The number of anilines is 1. The molecule has 5 nitrogen and oxygen atoms in total. The van der Waals surface area contributed by atoms with E-state index in [4.69, 9.17) is 4.74 Å². The van der Waals surface area contributed by atoms with Crippen LogP contribution in [0.1, 0.15) is 17.3 Å². The minimum Gasteiger partial charge on any atom is -0.465 e. The van der Waals surface area contributed by atoms with Crippen molar-refractivity contribution in [2.24, 2.45) is 0 Å². The molecule has 2 heterocycles. The number of rotatable bonds is 4. The molecule has 2 rings (SSSR count). The van der Waals surface area contributed by atoms with Gasteiger partial charge in [-0.3, -0.25) is 0 Å². The summed E-state index contributed by atoms with van der Waals surface area (Å²) in [7, 11) is 1.35. The molecule has 0 unspecified atom stereocenters. The Morgan fingerprint density at radius 2 is 2.44 bits per heavy atom. The molecule has 96 valence electrons. The second-order valence-corrected chi connectivity index (χ2v) is 4.82. The van der Waals surface area contributed by atoms with Gasteiger partial charge in [0.2, 0.25) is 0 Å². The molecule has 0 aliphatic rings. The SMILES string of the molecule is COC(=O)c1cnc(NC[C@H](C)O)c2ccsc12. The average Bonchev–Trinajstić information content (AvgIpc) is 2.84. The van der Waals surface area contributed by atoms with Crippen LogP contribution >= 0.6 is 11.3 Å². The molecule has 0 saturated heterocycles. The van der Waals surface area contributed by atoms with Gasteiger partial charge >= 0.3 is 5.97 Å². The van der Waals surface area contributed by atoms with E-state index in [9.17, 15) is 9.90 Å². The number of nitrogens with zero attached hydrogens (tertiary/aromatic N) is 1. The van der Waals surface area contributed by atoms with Crippen LogP contribution in [0.25, 0.3) is 10.1 Å². The topological polar surface area (TPSA) is 71.5 Å². The van der Waals surface area contributed by atoms with Gasteiger partial charge in [0.1, 0.15) is 5.82 Å². The number of hydrogen-bond acceptors (Lipinski definition) is 6. The van der Waals surface area contributed by atoms with E-state index < -0.39 is 12.1 Å². The highest BCUT2D eigenvalue weighted by molar-refractivity contribution is 7.17. The van der Waals surface area contributed by atoms with E-state index in [2.05, 4.69) is 10.3 Å². The fourth-order valence-electron chi connectivity index (χ4n) is 1.60. The number of carbonyl (C=O) groups is 1. The fraction of sp³-hybridized carbons (Fsp3) is 0.333. The first kappa shape index (κ1) is 12.8. The molecule has 0 aliphatic heterocycles. The Hall–Kier alpha value is -1.66. The molecular formula is C12H14N2O3S. The van der Waals surface area contributed by atoms with Gasteiger partial charge in [-0.1, -0.05) is 0 Å². The van der Waals surface area contributed by atoms with Crippen LogP contribution in [-0.2, 0) is 4.74 Å². The lowest BCUT2D eigenvalue weighted by atomic mass is 10.2. The van der Waals surface area contributed by atoms with Crippen molar-refractivity contribution in [2.75, 3.05) is 19.0 Å². The van der Waals surface area contributed by atoms with Crippen LogP contribution in [0.3, 0.4) is 0 Å². The predicted molar refractivity (Wildman–Crippen MR) is 71.1 cm³/mol. The van der Waals surface area contributed by atoms with E-state index in [1.54, 1.807) is 6.92 Å². The summed E-state index contributed by atoms with van der Waals surface area (Å²) in [4.78, 5) is 15.8. The minimum absolute atomic E-state index is 0.392. The molecule has 6 heteroatoms. The van der Waals surface area contributed by atoms with Crippen LogP contribution in [0.4, 0.5) is 5.82 Å². The largest absolute Gasteiger partial charge is 0.465 e. The zero-order chi connectivity index (χ0) is 13.1. The van der Waals surface area contributed by atoms with E-state index in [0.717, 1.165) is 10.1 Å². The Bertz CT molecular complexity index is 565. The summed E-state index contributed by atoms with van der Waals surface area (Å²) in [6.45, 7) is 2.11. The van der Waals surface area contributed by atoms with Gasteiger partial charge in [0.05, 0.1) is 23.5 Å². The van der Waals surface area contributed by atoms with E-state index in [-0.39, 0.29) is 0 Å². The number of methoxy groups -OCH3 is 1. The van der Waals surface area contributed by atoms with Gasteiger partial charge < -0.3 is 15.2 Å². The Labute approximate surface area is 108 Å². The monoisotopic (exact) mass is 266 g/mol. The molecule has 2 aromatic rings. The first-order chi connectivity index (χ1) is 8.63. The summed E-state index contributed by atoms with van der Waals surface area (Å²) in [6.07, 6.45) is 1.04. The number of aromatic nitrogens is 1. The standard InChI is InChI=1S/C12H14N2O3S/c1-7(15)5-13-11-8-3-4-18-10(8)9(6-14-11)12(16)17-2/h3-4,6-7,15H,5H2,1-2H3,(H,13,14)/t7-/m0/s1. The van der Waals surface area contributed by atoms with E-state index in [0.29, 0.717) is 17.9 Å². The third kappa shape index (κ3) is 2.44. The second-order valence-electron chi connectivity index (χ2n) is 3.91. The third-order valence-corrected chi connectivity index (χ3v) is 3.41. The maximum Gasteiger partial charge on any atom is 0.340 e. The van der Waals surface area contributed by atoms with Crippen molar-refractivity contribution in [3.63, 3.8) is 0 Å². The number of thiophene rings is 1. The molecule has 0 fully saturated rings. The average molecular weight is 266 g/mol. The Balaban J connectivity index is 2.40. The van der Waals surface area contributed by atoms with Crippen LogP contribution in [0, 0.1) is 0 Å². The molecule has 1 atom stereocenters. The van der Waals surface area contributed by atoms with Gasteiger partial charge in [0, 0.05) is 18.1 Å². The number of fused-ring (bicyclic) bond motifs is 1. The smallest absolute Gasteiger partial charge is 0.340 e. The van der Waals surface area contributed by atoms with Gasteiger partial charge in [-0.2, -0.15) is 0 Å². The van der Waals surface area contributed by atoms with Crippen molar-refractivity contribution in [3.8, 4) is 0 Å². The molecule has 0 bridgehead atoms. The molecule has 0 aromatic carbocycles. The van der Waals surface area contributed by atoms with E-state index >= 15 is 0 Å². The van der Waals surface area contributed by atoms with Crippen molar-refractivity contribution < 1.29 is 14.6 Å². The van der Waals surface area contributed by atoms with Crippen molar-refractivity contribution in [3.05, 3.63) is 23.2 Å². The van der Waals surface area contributed by atoms with Crippen molar-refractivity contribution >= 4 is 33.2 Å². The lowest BCUT2D eigenvalue weighted by Gasteiger charge is -2.09. The number of pyridine rings is 1. The summed E-state index contributed by atoms with van der Waals surface area (Å²) < 4.78 is 5.56. The summed E-state index contributed by atoms with van der Waals surface area (Å²) in [6, 6.07) is 1.89. The molecular weight excluding hydrogens is 252 g/mol. The predicted octanol–water partition coefficient (Wildman–Crippen LogP) is 1.88. The fourth-order valence-corrected chi connectivity index (χ4v) is 2.50. The quantitative estimate of drug-likeness (QED) is 0.827. The number of hydrogen-bond donors (Lipinski definition) is 2. The number of aliphatic hydroxyl groups excluding tert-OH is 1. The number of carbonyl (C=O) groups excluding carboxylic acids is 1. The van der Waals surface area contributed by atoms with Gasteiger partial charge in [0.25, 0.3) is 0 Å². The summed E-state index contributed by atoms with van der Waals surface area (Å²) in [5.74, 6) is 0.275. The zero-order valence-corrected chi connectivity index (χ0v) is 11.0. The van der Waals surface area contributed by atoms with Crippen LogP contribution in [0.15, 0.2) is 17.6 Å². The van der Waals surface area contributed by atoms with Crippen LogP contribution < -0.4 is 5.32 Å². The molecule has 0 aliphatic carbocycles. The minimum atomic E-state index is -0.458. The second kappa shape index (κ2) is 5.32. The number of ether oxygens (including phenoxy) is 1. The zero-order valence-electron chi connectivity index (χ0n) is 10.1. The molecule has 0 amide bonds. The third-order valence-electron chi connectivity index (χ3n) is 2.46. The van der Waals surface area contributed by atoms with E-state index in [1.165, 1.54) is 24.6 Å². The van der Waals surface area contributed by atoms with Gasteiger partial charge in [-0.25, -0.2) is 9.78 Å². The number of nitrogens with one attached hydrogen (secondary N) is 1. The first-order valence-corrected chi connectivity index (χ1v) is 6.38. The highest BCUT2D eigenvalue weighted by Gasteiger charge is 2.15. The van der Waals surface area contributed by atoms with Crippen LogP contribution in [0.5, 0.6) is 0 Å². The highest BCUT2D eigenvalue weighted by atomic mass is 32.1. The lowest BCUT2D eigenvalue weighted by molar-refractivity contribution is 0.0603. The number of esters is 1. The van der Waals surface area contributed by atoms with Crippen LogP contribution in [0.2, 0.25) is 0 Å². The van der Waals surface area contributed by atoms with Crippen molar-refractivity contribution in [1.29, 1.82) is 0 Å². The summed E-state index contributed by atoms with van der Waals surface area (Å²) in [5.41, 5.74) is 0.463. The van der Waals surface area contributed by atoms with E-state index in [1.807, 2.05) is 11.4 Å². The molecule has 0 saturated carbocycles. The normalized spacial score (nSPS) is 12.4. The summed E-state index contributed by atoms with van der Waals surface area (Å²) >= 11 is 1.46. The first-order valence-electron chi connectivity index (χ1n) is 5.50. The Kier molecular flexibility index (Phi) is 3.78. The maximum absolute atomic E-state index is 11.6. The molecule has 2 aromatic heterocycles. The van der Waals surface area contributed by atoms with Crippen LogP contribution in [-0.4, -0.2) is 35.8 Å². The highest BCUT2D eigenvalue weighted by Crippen LogP contribution is 2.29. The van der Waals surface area contributed by atoms with Crippen molar-refractivity contribution in [1.82, 2.24) is 4.98 Å². The molecule has 18 heavy (non-hydrogen) atoms. The Morgan fingerprint density at radius 3 is 3.11 bits per heavy atom. The molecule has 0 radical (unpaired) electrons. The van der Waals surface area contributed by atoms with Gasteiger partial charge in [0.15, 0.2) is 0 Å². The lowest BCUT2D eigenvalue weighted by Crippen LogP contribution is -2.16. The Morgan fingerprint density at radius 1 is 1.67 bits per heavy atom. The van der Waals surface area contributed by atoms with Gasteiger partial charge in [-0.05, 0) is 18.4 Å². The summed E-state index contributed by atoms with van der Waals surface area (Å²) in [5, 5.41) is 15.1. The van der Waals surface area contributed by atoms with Crippen molar-refractivity contribution in [2.45, 2.75) is 13.0 Å². The number of aliphatic hydroxyl groups is 1. The van der Waals surface area contributed by atoms with Gasteiger partial charge in [-0.15, -0.1) is 11.3 Å². The molecule has 0 spiro atoms.